The van der Waals surface area contributed by atoms with Crippen molar-refractivity contribution in [3.63, 3.8) is 0 Å². The summed E-state index contributed by atoms with van der Waals surface area (Å²) in [6.07, 6.45) is 7.96. The molecule has 88 valence electrons. The average molecular weight is 231 g/mol. The van der Waals surface area contributed by atoms with Crippen molar-refractivity contribution in [2.24, 2.45) is 5.92 Å². The molecule has 0 amide bonds. The molecule has 0 spiro atoms. The lowest BCUT2D eigenvalue weighted by Crippen LogP contribution is -2.38. The van der Waals surface area contributed by atoms with E-state index in [1.807, 2.05) is 0 Å². The standard InChI is InChI=1S/C11H21NO2S/c13-15(14,10-11-6-2-3-7-11)12-8-4-1-5-9-12/h11H,1-10H2. The molecule has 2 fully saturated rings. The molecule has 0 bridgehead atoms. The third-order valence-electron chi connectivity index (χ3n) is 3.63. The van der Waals surface area contributed by atoms with Crippen molar-refractivity contribution >= 4 is 10.0 Å². The summed E-state index contributed by atoms with van der Waals surface area (Å²) >= 11 is 0. The van der Waals surface area contributed by atoms with E-state index in [0.717, 1.165) is 38.8 Å². The summed E-state index contributed by atoms with van der Waals surface area (Å²) in [4.78, 5) is 0. The molecule has 3 nitrogen and oxygen atoms in total. The molecule has 4 heteroatoms. The van der Waals surface area contributed by atoms with Gasteiger partial charge >= 0.3 is 0 Å². The predicted octanol–water partition coefficient (Wildman–Crippen LogP) is 1.99. The van der Waals surface area contributed by atoms with Gasteiger partial charge in [-0.3, -0.25) is 0 Å². The fourth-order valence-corrected chi connectivity index (χ4v) is 4.68. The molecule has 1 aliphatic carbocycles. The van der Waals surface area contributed by atoms with Crippen molar-refractivity contribution in [3.8, 4) is 0 Å². The highest BCUT2D eigenvalue weighted by atomic mass is 32.2. The van der Waals surface area contributed by atoms with Gasteiger partial charge in [0.05, 0.1) is 5.75 Å². The number of hydrogen-bond acceptors (Lipinski definition) is 2. The minimum Gasteiger partial charge on any atom is -0.212 e. The van der Waals surface area contributed by atoms with Crippen molar-refractivity contribution in [2.75, 3.05) is 18.8 Å². The van der Waals surface area contributed by atoms with Gasteiger partial charge in [0.15, 0.2) is 0 Å². The van der Waals surface area contributed by atoms with Crippen LogP contribution in [0.1, 0.15) is 44.9 Å². The maximum atomic E-state index is 12.1. The molecule has 0 aromatic carbocycles. The molecule has 0 aromatic rings. The summed E-state index contributed by atoms with van der Waals surface area (Å²) in [5.74, 6) is 0.851. The molecule has 1 saturated carbocycles. The van der Waals surface area contributed by atoms with E-state index in [1.165, 1.54) is 19.3 Å². The Balaban J connectivity index is 1.92. The molecule has 0 N–H and O–H groups in total. The largest absolute Gasteiger partial charge is 0.214 e. The maximum Gasteiger partial charge on any atom is 0.214 e. The Morgan fingerprint density at radius 1 is 0.933 bits per heavy atom. The van der Waals surface area contributed by atoms with Crippen molar-refractivity contribution in [3.05, 3.63) is 0 Å². The zero-order valence-corrected chi connectivity index (χ0v) is 10.1. The monoisotopic (exact) mass is 231 g/mol. The van der Waals surface area contributed by atoms with Gasteiger partial charge in [0.2, 0.25) is 10.0 Å². The minimum atomic E-state index is -2.93. The van der Waals surface area contributed by atoms with Crippen molar-refractivity contribution in [1.82, 2.24) is 4.31 Å². The van der Waals surface area contributed by atoms with Gasteiger partial charge in [0.25, 0.3) is 0 Å². The van der Waals surface area contributed by atoms with Crippen LogP contribution in [0.5, 0.6) is 0 Å². The minimum absolute atomic E-state index is 0.410. The summed E-state index contributed by atoms with van der Waals surface area (Å²) < 4.78 is 25.9. The first-order valence-corrected chi connectivity index (χ1v) is 7.77. The highest BCUT2D eigenvalue weighted by Crippen LogP contribution is 2.27. The van der Waals surface area contributed by atoms with Gasteiger partial charge in [-0.15, -0.1) is 0 Å². The van der Waals surface area contributed by atoms with Gasteiger partial charge in [-0.05, 0) is 31.6 Å². The van der Waals surface area contributed by atoms with Crippen molar-refractivity contribution in [1.29, 1.82) is 0 Å². The van der Waals surface area contributed by atoms with Gasteiger partial charge < -0.3 is 0 Å². The van der Waals surface area contributed by atoms with Crippen LogP contribution in [0, 0.1) is 5.92 Å². The molecule has 2 aliphatic rings. The average Bonchev–Trinajstić information content (AvgIpc) is 2.71. The van der Waals surface area contributed by atoms with Crippen LogP contribution < -0.4 is 0 Å². The smallest absolute Gasteiger partial charge is 0.212 e. The second-order valence-corrected chi connectivity index (χ2v) is 6.90. The third-order valence-corrected chi connectivity index (χ3v) is 5.67. The SMILES string of the molecule is O=S(=O)(CC1CCCC1)N1CCCCC1. The van der Waals surface area contributed by atoms with E-state index in [2.05, 4.69) is 0 Å². The highest BCUT2D eigenvalue weighted by Gasteiger charge is 2.28. The van der Waals surface area contributed by atoms with E-state index in [9.17, 15) is 8.42 Å². The number of sulfonamides is 1. The molecular weight excluding hydrogens is 210 g/mol. The van der Waals surface area contributed by atoms with Gasteiger partial charge in [0, 0.05) is 13.1 Å². The number of hydrogen-bond donors (Lipinski definition) is 0. The van der Waals surface area contributed by atoms with Crippen LogP contribution in [-0.4, -0.2) is 31.6 Å². The quantitative estimate of drug-likeness (QED) is 0.745. The zero-order chi connectivity index (χ0) is 10.7. The third kappa shape index (κ3) is 2.94. The molecule has 0 atom stereocenters. The molecule has 15 heavy (non-hydrogen) atoms. The Hall–Kier alpha value is -0.0900. The van der Waals surface area contributed by atoms with E-state index >= 15 is 0 Å². The summed E-state index contributed by atoms with van der Waals surface area (Å²) in [5.41, 5.74) is 0. The Morgan fingerprint density at radius 3 is 2.13 bits per heavy atom. The van der Waals surface area contributed by atoms with E-state index in [4.69, 9.17) is 0 Å². The van der Waals surface area contributed by atoms with Gasteiger partial charge in [-0.2, -0.15) is 0 Å². The zero-order valence-electron chi connectivity index (χ0n) is 9.32. The summed E-state index contributed by atoms with van der Waals surface area (Å²) in [6.45, 7) is 1.52. The van der Waals surface area contributed by atoms with Gasteiger partial charge in [-0.1, -0.05) is 19.3 Å². The van der Waals surface area contributed by atoms with Crippen LogP contribution in [0.2, 0.25) is 0 Å². The van der Waals surface area contributed by atoms with Crippen molar-refractivity contribution < 1.29 is 8.42 Å². The van der Waals surface area contributed by atoms with Crippen LogP contribution in [-0.2, 0) is 10.0 Å². The summed E-state index contributed by atoms with van der Waals surface area (Å²) in [7, 11) is -2.93. The van der Waals surface area contributed by atoms with Crippen LogP contribution in [0.3, 0.4) is 0 Å². The predicted molar refractivity (Wildman–Crippen MR) is 61.2 cm³/mol. The lowest BCUT2D eigenvalue weighted by molar-refractivity contribution is 0.343. The first-order chi connectivity index (χ1) is 7.18. The molecule has 0 unspecified atom stereocenters. The molecule has 0 radical (unpaired) electrons. The van der Waals surface area contributed by atoms with Crippen LogP contribution in [0.25, 0.3) is 0 Å². The van der Waals surface area contributed by atoms with Crippen LogP contribution in [0.4, 0.5) is 0 Å². The fourth-order valence-electron chi connectivity index (χ4n) is 2.72. The lowest BCUT2D eigenvalue weighted by atomic mass is 10.1. The Labute approximate surface area is 92.9 Å². The van der Waals surface area contributed by atoms with E-state index in [-0.39, 0.29) is 0 Å². The van der Waals surface area contributed by atoms with Crippen LogP contribution in [0.15, 0.2) is 0 Å². The lowest BCUT2D eigenvalue weighted by Gasteiger charge is -2.27. The first-order valence-electron chi connectivity index (χ1n) is 6.16. The van der Waals surface area contributed by atoms with E-state index in [1.54, 1.807) is 4.31 Å². The second kappa shape index (κ2) is 4.83. The Kier molecular flexibility index (Phi) is 3.67. The fraction of sp³-hybridized carbons (Fsp3) is 1.00. The second-order valence-electron chi connectivity index (χ2n) is 4.89. The molecule has 1 aliphatic heterocycles. The van der Waals surface area contributed by atoms with E-state index in [0.29, 0.717) is 11.7 Å². The number of rotatable bonds is 3. The van der Waals surface area contributed by atoms with E-state index < -0.39 is 10.0 Å². The molecule has 1 heterocycles. The van der Waals surface area contributed by atoms with Crippen LogP contribution >= 0.6 is 0 Å². The van der Waals surface area contributed by atoms with Gasteiger partial charge in [-0.25, -0.2) is 12.7 Å². The number of piperidine rings is 1. The molecule has 2 rings (SSSR count). The van der Waals surface area contributed by atoms with Gasteiger partial charge in [0.1, 0.15) is 0 Å². The molecule has 1 saturated heterocycles. The van der Waals surface area contributed by atoms with Crippen molar-refractivity contribution in [2.45, 2.75) is 44.9 Å². The topological polar surface area (TPSA) is 37.4 Å². The Morgan fingerprint density at radius 2 is 1.53 bits per heavy atom. The highest BCUT2D eigenvalue weighted by molar-refractivity contribution is 7.89. The molecule has 0 aromatic heterocycles. The summed E-state index contributed by atoms with van der Waals surface area (Å²) in [6, 6.07) is 0. The maximum absolute atomic E-state index is 12.1. The molecular formula is C11H21NO2S. The number of nitrogens with zero attached hydrogens (tertiary/aromatic N) is 1. The normalized spacial score (nSPS) is 25.9. The Bertz CT molecular complexity index is 288. The first kappa shape index (κ1) is 11.4. The summed E-state index contributed by atoms with van der Waals surface area (Å²) in [5, 5.41) is 0.